The Kier molecular flexibility index (Phi) is 2.35. The smallest absolute Gasteiger partial charge is 0.00488 e. The van der Waals surface area contributed by atoms with Gasteiger partial charge in [0.15, 0.2) is 0 Å². The van der Waals surface area contributed by atoms with Gasteiger partial charge in [0.2, 0.25) is 0 Å². The molecule has 2 N–H and O–H groups in total. The van der Waals surface area contributed by atoms with E-state index < -0.39 is 0 Å². The largest absolute Gasteiger partial charge is 0.330 e. The Morgan fingerprint density at radius 2 is 2.10 bits per heavy atom. The first-order valence-corrected chi connectivity index (χ1v) is 4.37. The Balaban J connectivity index is 2.32. The second kappa shape index (κ2) is 2.91. The van der Waals surface area contributed by atoms with Crippen LogP contribution in [0.3, 0.4) is 0 Å². The molecule has 10 heavy (non-hydrogen) atoms. The normalized spacial score (nSPS) is 42.6. The van der Waals surface area contributed by atoms with Crippen LogP contribution in [0.4, 0.5) is 0 Å². The maximum absolute atomic E-state index is 5.59. The molecular weight excluding hydrogens is 122 g/mol. The summed E-state index contributed by atoms with van der Waals surface area (Å²) < 4.78 is 0. The molecule has 1 saturated carbocycles. The molecule has 1 aliphatic carbocycles. The van der Waals surface area contributed by atoms with E-state index in [-0.39, 0.29) is 0 Å². The molecule has 0 aromatic heterocycles. The third-order valence-electron chi connectivity index (χ3n) is 3.32. The van der Waals surface area contributed by atoms with E-state index in [1.54, 1.807) is 0 Å². The monoisotopic (exact) mass is 141 g/mol. The Morgan fingerprint density at radius 1 is 1.50 bits per heavy atom. The molecule has 0 amide bonds. The fourth-order valence-electron chi connectivity index (χ4n) is 2.01. The molecule has 1 heteroatoms. The molecule has 0 bridgehead atoms. The molecule has 1 fully saturated rings. The second-order valence-electron chi connectivity index (χ2n) is 3.95. The molecular formula is C9H19N. The predicted molar refractivity (Wildman–Crippen MR) is 44.7 cm³/mol. The van der Waals surface area contributed by atoms with Crippen LogP contribution in [-0.4, -0.2) is 6.54 Å². The van der Waals surface area contributed by atoms with Gasteiger partial charge in [-0.25, -0.2) is 0 Å². The van der Waals surface area contributed by atoms with E-state index in [4.69, 9.17) is 5.73 Å². The topological polar surface area (TPSA) is 26.0 Å². The Morgan fingerprint density at radius 3 is 2.40 bits per heavy atom. The summed E-state index contributed by atoms with van der Waals surface area (Å²) in [6.07, 6.45) is 1.40. The lowest BCUT2D eigenvalue weighted by molar-refractivity contribution is 0.0585. The SMILES string of the molecule is CC1CC(C(C)CN)C1C. The molecule has 0 aromatic rings. The molecule has 1 aliphatic rings. The van der Waals surface area contributed by atoms with Crippen molar-refractivity contribution in [3.63, 3.8) is 0 Å². The fourth-order valence-corrected chi connectivity index (χ4v) is 2.01. The van der Waals surface area contributed by atoms with Gasteiger partial charge >= 0.3 is 0 Å². The van der Waals surface area contributed by atoms with Gasteiger partial charge in [0.25, 0.3) is 0 Å². The van der Waals surface area contributed by atoms with Crippen molar-refractivity contribution in [2.75, 3.05) is 6.54 Å². The van der Waals surface area contributed by atoms with Gasteiger partial charge in [-0.3, -0.25) is 0 Å². The highest BCUT2D eigenvalue weighted by Crippen LogP contribution is 2.43. The minimum absolute atomic E-state index is 0.742. The van der Waals surface area contributed by atoms with E-state index in [1.807, 2.05) is 0 Å². The Hall–Kier alpha value is -0.0400. The van der Waals surface area contributed by atoms with Crippen molar-refractivity contribution in [3.8, 4) is 0 Å². The number of hydrogen-bond acceptors (Lipinski definition) is 1. The summed E-state index contributed by atoms with van der Waals surface area (Å²) in [6, 6.07) is 0. The molecule has 1 nitrogen and oxygen atoms in total. The fraction of sp³-hybridized carbons (Fsp3) is 1.00. The van der Waals surface area contributed by atoms with Crippen LogP contribution in [0.2, 0.25) is 0 Å². The number of nitrogens with two attached hydrogens (primary N) is 1. The highest BCUT2D eigenvalue weighted by Gasteiger charge is 2.36. The van der Waals surface area contributed by atoms with E-state index in [2.05, 4.69) is 20.8 Å². The van der Waals surface area contributed by atoms with E-state index in [9.17, 15) is 0 Å². The zero-order valence-corrected chi connectivity index (χ0v) is 7.30. The maximum Gasteiger partial charge on any atom is -0.00488 e. The van der Waals surface area contributed by atoms with Crippen molar-refractivity contribution in [3.05, 3.63) is 0 Å². The minimum Gasteiger partial charge on any atom is -0.330 e. The zero-order chi connectivity index (χ0) is 7.72. The molecule has 1 rings (SSSR count). The Bertz CT molecular complexity index is 107. The van der Waals surface area contributed by atoms with Crippen LogP contribution in [0.1, 0.15) is 27.2 Å². The lowest BCUT2D eigenvalue weighted by Crippen LogP contribution is -2.39. The summed E-state index contributed by atoms with van der Waals surface area (Å²) in [6.45, 7) is 7.82. The second-order valence-corrected chi connectivity index (χ2v) is 3.95. The van der Waals surface area contributed by atoms with Crippen LogP contribution in [0.25, 0.3) is 0 Å². The molecule has 4 unspecified atom stereocenters. The van der Waals surface area contributed by atoms with Crippen LogP contribution in [0, 0.1) is 23.7 Å². The van der Waals surface area contributed by atoms with Gasteiger partial charge in [0.05, 0.1) is 0 Å². The van der Waals surface area contributed by atoms with Crippen LogP contribution >= 0.6 is 0 Å². The van der Waals surface area contributed by atoms with Crippen LogP contribution < -0.4 is 5.73 Å². The summed E-state index contributed by atoms with van der Waals surface area (Å²) in [7, 11) is 0. The van der Waals surface area contributed by atoms with E-state index >= 15 is 0 Å². The highest BCUT2D eigenvalue weighted by molar-refractivity contribution is 4.86. The minimum atomic E-state index is 0.742. The number of rotatable bonds is 2. The van der Waals surface area contributed by atoms with Gasteiger partial charge in [-0.15, -0.1) is 0 Å². The van der Waals surface area contributed by atoms with Crippen LogP contribution in [0.15, 0.2) is 0 Å². The van der Waals surface area contributed by atoms with Crippen LogP contribution in [-0.2, 0) is 0 Å². The predicted octanol–water partition coefficient (Wildman–Crippen LogP) is 1.87. The molecule has 0 aliphatic heterocycles. The van der Waals surface area contributed by atoms with Gasteiger partial charge in [-0.2, -0.15) is 0 Å². The van der Waals surface area contributed by atoms with E-state index in [0.29, 0.717) is 0 Å². The summed E-state index contributed by atoms with van der Waals surface area (Å²) in [5.41, 5.74) is 5.59. The molecule has 0 radical (unpaired) electrons. The van der Waals surface area contributed by atoms with Crippen molar-refractivity contribution in [1.82, 2.24) is 0 Å². The highest BCUT2D eigenvalue weighted by atomic mass is 14.6. The summed E-state index contributed by atoms with van der Waals surface area (Å²) in [5, 5.41) is 0. The van der Waals surface area contributed by atoms with Crippen molar-refractivity contribution in [2.24, 2.45) is 29.4 Å². The maximum atomic E-state index is 5.59. The first-order chi connectivity index (χ1) is 4.66. The summed E-state index contributed by atoms with van der Waals surface area (Å²) in [4.78, 5) is 0. The molecule has 4 atom stereocenters. The third-order valence-corrected chi connectivity index (χ3v) is 3.32. The van der Waals surface area contributed by atoms with Gasteiger partial charge < -0.3 is 5.73 Å². The van der Waals surface area contributed by atoms with E-state index in [0.717, 1.165) is 30.2 Å². The molecule has 0 spiro atoms. The Labute approximate surface area is 64.0 Å². The average molecular weight is 141 g/mol. The van der Waals surface area contributed by atoms with Gasteiger partial charge in [0, 0.05) is 0 Å². The standard InChI is InChI=1S/C9H19N/c1-6-4-9(8(6)3)7(2)5-10/h6-9H,4-5,10H2,1-3H3. The van der Waals surface area contributed by atoms with Crippen molar-refractivity contribution in [2.45, 2.75) is 27.2 Å². The molecule has 60 valence electrons. The quantitative estimate of drug-likeness (QED) is 0.624. The van der Waals surface area contributed by atoms with Gasteiger partial charge in [-0.05, 0) is 36.6 Å². The zero-order valence-electron chi connectivity index (χ0n) is 7.30. The van der Waals surface area contributed by atoms with Gasteiger partial charge in [0.1, 0.15) is 0 Å². The summed E-state index contributed by atoms with van der Waals surface area (Å²) >= 11 is 0. The molecule has 0 heterocycles. The first-order valence-electron chi connectivity index (χ1n) is 4.37. The van der Waals surface area contributed by atoms with Crippen LogP contribution in [0.5, 0.6) is 0 Å². The molecule has 0 aromatic carbocycles. The van der Waals surface area contributed by atoms with Crippen molar-refractivity contribution in [1.29, 1.82) is 0 Å². The summed E-state index contributed by atoms with van der Waals surface area (Å²) in [5.74, 6) is 3.52. The van der Waals surface area contributed by atoms with Crippen molar-refractivity contribution < 1.29 is 0 Å². The lowest BCUT2D eigenvalue weighted by atomic mass is 9.62. The van der Waals surface area contributed by atoms with E-state index in [1.165, 1.54) is 6.42 Å². The number of hydrogen-bond donors (Lipinski definition) is 1. The van der Waals surface area contributed by atoms with Crippen molar-refractivity contribution >= 4 is 0 Å². The lowest BCUT2D eigenvalue weighted by Gasteiger charge is -2.44. The first kappa shape index (κ1) is 8.06. The third kappa shape index (κ3) is 1.20. The average Bonchev–Trinajstić information content (AvgIpc) is 1.98. The van der Waals surface area contributed by atoms with Gasteiger partial charge in [-0.1, -0.05) is 20.8 Å². The molecule has 0 saturated heterocycles.